The van der Waals surface area contributed by atoms with Gasteiger partial charge in [0.1, 0.15) is 0 Å². The average Bonchev–Trinajstić information content (AvgIpc) is 2.74. The van der Waals surface area contributed by atoms with Crippen molar-refractivity contribution < 1.29 is 0 Å². The third-order valence-corrected chi connectivity index (χ3v) is 8.54. The zero-order valence-corrected chi connectivity index (χ0v) is 21.2. The van der Waals surface area contributed by atoms with Crippen LogP contribution < -0.4 is 0 Å². The van der Waals surface area contributed by atoms with Gasteiger partial charge in [-0.1, -0.05) is 126 Å². The van der Waals surface area contributed by atoms with Gasteiger partial charge < -0.3 is 0 Å². The van der Waals surface area contributed by atoms with Crippen molar-refractivity contribution in [2.45, 2.75) is 123 Å². The fourth-order valence-corrected chi connectivity index (χ4v) is 6.69. The summed E-state index contributed by atoms with van der Waals surface area (Å²) in [5, 5.41) is 1.66. The highest BCUT2D eigenvalue weighted by Crippen LogP contribution is 2.56. The van der Waals surface area contributed by atoms with Gasteiger partial charge in [-0.2, -0.15) is 0 Å². The first-order chi connectivity index (χ1) is 14.2. The Balaban J connectivity index is 2.91. The predicted molar refractivity (Wildman–Crippen MR) is 136 cm³/mol. The van der Waals surface area contributed by atoms with E-state index in [9.17, 15) is 0 Å². The van der Waals surface area contributed by atoms with E-state index in [1.165, 1.54) is 102 Å². The van der Waals surface area contributed by atoms with Crippen LogP contribution in [-0.4, -0.2) is 0 Å². The molecule has 1 aromatic carbocycles. The number of benzene rings is 1. The molecule has 0 saturated carbocycles. The van der Waals surface area contributed by atoms with Gasteiger partial charge in [0.15, 0.2) is 0 Å². The molecule has 0 aliphatic heterocycles. The van der Waals surface area contributed by atoms with Crippen molar-refractivity contribution in [2.75, 3.05) is 0 Å². The summed E-state index contributed by atoms with van der Waals surface area (Å²) in [4.78, 5) is 0. The fourth-order valence-electron chi connectivity index (χ4n) is 3.97. The highest BCUT2D eigenvalue weighted by atomic mass is 35.7. The lowest BCUT2D eigenvalue weighted by atomic mass is 9.98. The molecule has 1 atom stereocenters. The predicted octanol–water partition coefficient (Wildman–Crippen LogP) is 11.0. The largest absolute Gasteiger partial charge is 0.0912 e. The van der Waals surface area contributed by atoms with Crippen LogP contribution in [0, 0.1) is 0 Å². The van der Waals surface area contributed by atoms with Gasteiger partial charge in [-0.05, 0) is 49.4 Å². The summed E-state index contributed by atoms with van der Waals surface area (Å²) in [6.45, 7) is 6.91. The molecule has 2 heteroatoms. The Morgan fingerprint density at radius 1 is 0.655 bits per heavy atom. The molecular weight excluding hydrogens is 391 g/mol. The van der Waals surface area contributed by atoms with E-state index in [2.05, 4.69) is 51.1 Å². The third-order valence-electron chi connectivity index (χ3n) is 5.80. The summed E-state index contributed by atoms with van der Waals surface area (Å²) in [6, 6.07) is 10.9. The first-order valence-corrected chi connectivity index (χ1v) is 14.8. The Morgan fingerprint density at radius 2 is 1.14 bits per heavy atom. The zero-order valence-electron chi connectivity index (χ0n) is 19.5. The van der Waals surface area contributed by atoms with Gasteiger partial charge in [-0.25, -0.2) is 0 Å². The van der Waals surface area contributed by atoms with Gasteiger partial charge in [0, 0.05) is 13.4 Å². The molecule has 0 aliphatic carbocycles. The summed E-state index contributed by atoms with van der Waals surface area (Å²) in [6.07, 6.45) is 21.0. The molecule has 0 spiro atoms. The molecule has 29 heavy (non-hydrogen) atoms. The topological polar surface area (TPSA) is 0 Å². The molecule has 1 unspecified atom stereocenters. The van der Waals surface area contributed by atoms with Crippen LogP contribution >= 0.6 is 18.5 Å². The summed E-state index contributed by atoms with van der Waals surface area (Å²) in [7, 11) is -0.578. The molecule has 0 bridgehead atoms. The van der Waals surface area contributed by atoms with Crippen LogP contribution in [0.1, 0.15) is 123 Å². The Labute approximate surface area is 188 Å². The van der Waals surface area contributed by atoms with Gasteiger partial charge in [-0.3, -0.25) is 0 Å². The SMILES string of the molecule is CCCCCCC(CCCCCC)=C(CCCCCC)P(Cl)Cc1ccccc1. The van der Waals surface area contributed by atoms with E-state index < -0.39 is 7.27 Å². The average molecular weight is 437 g/mol. The summed E-state index contributed by atoms with van der Waals surface area (Å²) < 4.78 is 0. The second-order valence-electron chi connectivity index (χ2n) is 8.49. The van der Waals surface area contributed by atoms with Crippen LogP contribution in [0.25, 0.3) is 0 Å². The Hall–Kier alpha value is -0.320. The first-order valence-electron chi connectivity index (χ1n) is 12.4. The molecule has 0 radical (unpaired) electrons. The minimum Gasteiger partial charge on any atom is -0.0912 e. The number of unbranched alkanes of at least 4 members (excludes halogenated alkanes) is 9. The molecule has 166 valence electrons. The lowest BCUT2D eigenvalue weighted by Gasteiger charge is -2.21. The second-order valence-corrected chi connectivity index (χ2v) is 11.3. The monoisotopic (exact) mass is 436 g/mol. The second kappa shape index (κ2) is 18.4. The van der Waals surface area contributed by atoms with Crippen LogP contribution in [0.2, 0.25) is 0 Å². The molecule has 0 fully saturated rings. The van der Waals surface area contributed by atoms with Crippen LogP contribution in [0.5, 0.6) is 0 Å². The molecule has 0 N–H and O–H groups in total. The maximum atomic E-state index is 7.18. The summed E-state index contributed by atoms with van der Waals surface area (Å²) in [5.74, 6) is 0. The molecular formula is C27H46ClP. The van der Waals surface area contributed by atoms with E-state index in [-0.39, 0.29) is 0 Å². The lowest BCUT2D eigenvalue weighted by Crippen LogP contribution is -1.96. The van der Waals surface area contributed by atoms with Crippen molar-refractivity contribution in [1.82, 2.24) is 0 Å². The van der Waals surface area contributed by atoms with Crippen LogP contribution in [0.4, 0.5) is 0 Å². The van der Waals surface area contributed by atoms with E-state index in [0.717, 1.165) is 6.16 Å². The standard InChI is InChI=1S/C27H46ClP/c1-4-7-10-16-21-26(22-17-11-8-5-2)27(23-18-12-9-6-3)29(28)24-25-19-14-13-15-20-25/h13-15,19-20H,4-12,16-18,21-24H2,1-3H3. The number of hydrogen-bond donors (Lipinski definition) is 0. The van der Waals surface area contributed by atoms with Crippen molar-refractivity contribution in [3.05, 3.63) is 46.8 Å². The van der Waals surface area contributed by atoms with Crippen LogP contribution in [-0.2, 0) is 6.16 Å². The van der Waals surface area contributed by atoms with Gasteiger partial charge in [0.25, 0.3) is 0 Å². The molecule has 0 aromatic heterocycles. The molecule has 1 rings (SSSR count). The number of rotatable bonds is 18. The van der Waals surface area contributed by atoms with Gasteiger partial charge in [0.05, 0.1) is 0 Å². The number of allylic oxidation sites excluding steroid dienone is 2. The van der Waals surface area contributed by atoms with E-state index in [0.29, 0.717) is 0 Å². The molecule has 0 aliphatic rings. The fraction of sp³-hybridized carbons (Fsp3) is 0.704. The molecule has 0 saturated heterocycles. The van der Waals surface area contributed by atoms with E-state index >= 15 is 0 Å². The van der Waals surface area contributed by atoms with Gasteiger partial charge in [-0.15, -0.1) is 0 Å². The first kappa shape index (κ1) is 26.7. The summed E-state index contributed by atoms with van der Waals surface area (Å²) in [5.41, 5.74) is 3.14. The quantitative estimate of drug-likeness (QED) is 0.158. The van der Waals surface area contributed by atoms with E-state index in [1.807, 2.05) is 0 Å². The van der Waals surface area contributed by atoms with E-state index in [1.54, 1.807) is 10.9 Å². The molecule has 0 nitrogen and oxygen atoms in total. The number of halogens is 1. The Morgan fingerprint density at radius 3 is 1.62 bits per heavy atom. The third kappa shape index (κ3) is 12.9. The van der Waals surface area contributed by atoms with Crippen LogP contribution in [0.3, 0.4) is 0 Å². The van der Waals surface area contributed by atoms with Crippen molar-refractivity contribution in [2.24, 2.45) is 0 Å². The number of hydrogen-bond acceptors (Lipinski definition) is 0. The normalized spacial score (nSPS) is 12.1. The maximum Gasteiger partial charge on any atom is 0.0215 e. The maximum absolute atomic E-state index is 7.18. The lowest BCUT2D eigenvalue weighted by molar-refractivity contribution is 0.616. The van der Waals surface area contributed by atoms with E-state index in [4.69, 9.17) is 11.2 Å². The minimum atomic E-state index is -0.578. The molecule has 0 heterocycles. The van der Waals surface area contributed by atoms with Gasteiger partial charge in [0.2, 0.25) is 0 Å². The molecule has 0 amide bonds. The molecule has 1 aromatic rings. The Kier molecular flexibility index (Phi) is 17.0. The minimum absolute atomic E-state index is 0.578. The highest BCUT2D eigenvalue weighted by molar-refractivity contribution is 7.86. The highest BCUT2D eigenvalue weighted by Gasteiger charge is 2.17. The Bertz CT molecular complexity index is 509. The van der Waals surface area contributed by atoms with Gasteiger partial charge >= 0.3 is 0 Å². The van der Waals surface area contributed by atoms with Crippen molar-refractivity contribution in [3.8, 4) is 0 Å². The van der Waals surface area contributed by atoms with Crippen LogP contribution in [0.15, 0.2) is 41.2 Å². The van der Waals surface area contributed by atoms with Crippen molar-refractivity contribution in [3.63, 3.8) is 0 Å². The van der Waals surface area contributed by atoms with Crippen molar-refractivity contribution in [1.29, 1.82) is 0 Å². The van der Waals surface area contributed by atoms with Crippen molar-refractivity contribution >= 4 is 18.5 Å². The zero-order chi connectivity index (χ0) is 21.2. The smallest absolute Gasteiger partial charge is 0.0215 e. The summed E-state index contributed by atoms with van der Waals surface area (Å²) >= 11 is 7.18.